The highest BCUT2D eigenvalue weighted by Crippen LogP contribution is 2.22. The topological polar surface area (TPSA) is 48.1 Å². The maximum atomic E-state index is 5.68. The number of nitrogens with zero attached hydrogens (tertiary/aromatic N) is 1. The van der Waals surface area contributed by atoms with E-state index in [9.17, 15) is 0 Å². The van der Waals surface area contributed by atoms with E-state index in [1.54, 1.807) is 18.3 Å². The van der Waals surface area contributed by atoms with Gasteiger partial charge in [0.15, 0.2) is 0 Å². The van der Waals surface area contributed by atoms with Crippen LogP contribution in [0.1, 0.15) is 16.7 Å². The fourth-order valence-electron chi connectivity index (χ4n) is 1.52. The smallest absolute Gasteiger partial charge is 0.219 e. The number of nitrogens with two attached hydrogens (primary N) is 1. The van der Waals surface area contributed by atoms with E-state index >= 15 is 0 Å². The third kappa shape index (κ3) is 2.84. The van der Waals surface area contributed by atoms with E-state index in [2.05, 4.69) is 11.9 Å². The zero-order valence-electron chi connectivity index (χ0n) is 10.3. The van der Waals surface area contributed by atoms with E-state index in [1.807, 2.05) is 25.1 Å². The first-order valence-corrected chi connectivity index (χ1v) is 5.98. The van der Waals surface area contributed by atoms with Gasteiger partial charge in [-0.25, -0.2) is 4.98 Å². The first-order chi connectivity index (χ1) is 8.56. The van der Waals surface area contributed by atoms with Crippen molar-refractivity contribution < 1.29 is 4.74 Å². The summed E-state index contributed by atoms with van der Waals surface area (Å²) >= 11 is 4.92. The number of pyridine rings is 1. The summed E-state index contributed by atoms with van der Waals surface area (Å²) in [7, 11) is 0. The van der Waals surface area contributed by atoms with Crippen molar-refractivity contribution in [1.29, 1.82) is 0 Å². The third-order valence-electron chi connectivity index (χ3n) is 2.72. The second-order valence-electron chi connectivity index (χ2n) is 4.10. The van der Waals surface area contributed by atoms with Crippen molar-refractivity contribution in [2.75, 3.05) is 0 Å². The summed E-state index contributed by atoms with van der Waals surface area (Å²) in [6, 6.07) is 9.40. The molecule has 0 atom stereocenters. The van der Waals surface area contributed by atoms with Gasteiger partial charge in [-0.05, 0) is 43.2 Å². The van der Waals surface area contributed by atoms with Gasteiger partial charge < -0.3 is 10.5 Å². The second-order valence-corrected chi connectivity index (χ2v) is 4.53. The molecule has 1 aromatic heterocycles. The molecule has 0 spiro atoms. The molecule has 0 radical (unpaired) electrons. The van der Waals surface area contributed by atoms with Gasteiger partial charge in [0, 0.05) is 17.8 Å². The number of aryl methyl sites for hydroxylation is 2. The summed E-state index contributed by atoms with van der Waals surface area (Å²) in [6.07, 6.45) is 1.63. The van der Waals surface area contributed by atoms with Crippen LogP contribution in [-0.2, 0) is 0 Å². The molecule has 2 N–H and O–H groups in total. The molecule has 1 aromatic carbocycles. The standard InChI is InChI=1S/C14H14N2OS/c1-9-3-4-12(7-10(9)2)17-13-8-11(14(15)18)5-6-16-13/h3-8H,1-2H3,(H2,15,18). The molecule has 2 rings (SSSR count). The van der Waals surface area contributed by atoms with Crippen LogP contribution in [-0.4, -0.2) is 9.97 Å². The molecular formula is C14H14N2OS. The highest BCUT2D eigenvalue weighted by atomic mass is 32.1. The minimum absolute atomic E-state index is 0.335. The van der Waals surface area contributed by atoms with Crippen molar-refractivity contribution in [3.05, 3.63) is 53.2 Å². The Hall–Kier alpha value is -1.94. The summed E-state index contributed by atoms with van der Waals surface area (Å²) in [5.41, 5.74) is 8.72. The van der Waals surface area contributed by atoms with E-state index in [-0.39, 0.29) is 0 Å². The predicted octanol–water partition coefficient (Wildman–Crippen LogP) is 3.12. The predicted molar refractivity (Wildman–Crippen MR) is 76.1 cm³/mol. The fourth-order valence-corrected chi connectivity index (χ4v) is 1.64. The number of aromatic nitrogens is 1. The zero-order valence-corrected chi connectivity index (χ0v) is 11.1. The Labute approximate surface area is 112 Å². The SMILES string of the molecule is Cc1ccc(Oc2cc(C(N)=S)ccn2)cc1C. The van der Waals surface area contributed by atoms with Gasteiger partial charge in [0.25, 0.3) is 0 Å². The molecule has 0 aliphatic carbocycles. The molecule has 0 saturated carbocycles. The summed E-state index contributed by atoms with van der Waals surface area (Å²) in [5.74, 6) is 1.24. The minimum Gasteiger partial charge on any atom is -0.439 e. The third-order valence-corrected chi connectivity index (χ3v) is 2.96. The molecule has 18 heavy (non-hydrogen) atoms. The monoisotopic (exact) mass is 258 g/mol. The van der Waals surface area contributed by atoms with Crippen molar-refractivity contribution in [3.63, 3.8) is 0 Å². The number of benzene rings is 1. The Morgan fingerprint density at radius 1 is 1.17 bits per heavy atom. The van der Waals surface area contributed by atoms with Gasteiger partial charge in [0.05, 0.1) is 0 Å². The second kappa shape index (κ2) is 5.14. The van der Waals surface area contributed by atoms with Crippen LogP contribution in [0.2, 0.25) is 0 Å². The molecule has 0 fully saturated rings. The lowest BCUT2D eigenvalue weighted by atomic mass is 10.1. The number of ether oxygens (including phenoxy) is 1. The Kier molecular flexibility index (Phi) is 3.58. The number of hydrogen-bond acceptors (Lipinski definition) is 3. The quantitative estimate of drug-likeness (QED) is 0.859. The van der Waals surface area contributed by atoms with Crippen molar-refractivity contribution in [3.8, 4) is 11.6 Å². The maximum Gasteiger partial charge on any atom is 0.219 e. The van der Waals surface area contributed by atoms with E-state index < -0.39 is 0 Å². The van der Waals surface area contributed by atoms with E-state index in [4.69, 9.17) is 22.7 Å². The van der Waals surface area contributed by atoms with Crippen molar-refractivity contribution in [1.82, 2.24) is 4.98 Å². The van der Waals surface area contributed by atoms with Crippen molar-refractivity contribution >= 4 is 17.2 Å². The molecule has 92 valence electrons. The Balaban J connectivity index is 2.25. The highest BCUT2D eigenvalue weighted by Gasteiger charge is 2.03. The maximum absolute atomic E-state index is 5.68. The molecule has 2 aromatic rings. The van der Waals surface area contributed by atoms with Gasteiger partial charge in [-0.1, -0.05) is 18.3 Å². The van der Waals surface area contributed by atoms with Crippen LogP contribution < -0.4 is 10.5 Å². The van der Waals surface area contributed by atoms with Crippen molar-refractivity contribution in [2.45, 2.75) is 13.8 Å². The average molecular weight is 258 g/mol. The van der Waals surface area contributed by atoms with Crippen LogP contribution in [0.5, 0.6) is 11.6 Å². The lowest BCUT2D eigenvalue weighted by Crippen LogP contribution is -2.09. The molecule has 4 heteroatoms. The van der Waals surface area contributed by atoms with Crippen LogP contribution in [0.15, 0.2) is 36.5 Å². The summed E-state index contributed by atoms with van der Waals surface area (Å²) in [5, 5.41) is 0. The zero-order chi connectivity index (χ0) is 13.1. The van der Waals surface area contributed by atoms with Crippen LogP contribution >= 0.6 is 12.2 Å². The average Bonchev–Trinajstić information content (AvgIpc) is 2.34. The summed E-state index contributed by atoms with van der Waals surface area (Å²) < 4.78 is 5.68. The normalized spacial score (nSPS) is 10.1. The van der Waals surface area contributed by atoms with Crippen LogP contribution in [0.4, 0.5) is 0 Å². The molecule has 1 heterocycles. The number of hydrogen-bond donors (Lipinski definition) is 1. The number of thiocarbonyl (C=S) groups is 1. The summed E-state index contributed by atoms with van der Waals surface area (Å²) in [6.45, 7) is 4.10. The van der Waals surface area contributed by atoms with Crippen LogP contribution in [0.25, 0.3) is 0 Å². The lowest BCUT2D eigenvalue weighted by molar-refractivity contribution is 0.462. The Bertz CT molecular complexity index is 596. The first kappa shape index (κ1) is 12.5. The van der Waals surface area contributed by atoms with Gasteiger partial charge in [0.2, 0.25) is 5.88 Å². The first-order valence-electron chi connectivity index (χ1n) is 5.57. The molecule has 0 aliphatic rings. The van der Waals surface area contributed by atoms with Gasteiger partial charge >= 0.3 is 0 Å². The van der Waals surface area contributed by atoms with Gasteiger partial charge in [-0.3, -0.25) is 0 Å². The van der Waals surface area contributed by atoms with Gasteiger partial charge in [-0.15, -0.1) is 0 Å². The molecular weight excluding hydrogens is 244 g/mol. The lowest BCUT2D eigenvalue weighted by Gasteiger charge is -2.08. The van der Waals surface area contributed by atoms with Gasteiger partial charge in [0.1, 0.15) is 10.7 Å². The van der Waals surface area contributed by atoms with Crippen LogP contribution in [0, 0.1) is 13.8 Å². The van der Waals surface area contributed by atoms with E-state index in [0.29, 0.717) is 10.9 Å². The largest absolute Gasteiger partial charge is 0.439 e. The van der Waals surface area contributed by atoms with E-state index in [1.165, 1.54) is 11.1 Å². The molecule has 0 bridgehead atoms. The molecule has 0 amide bonds. The van der Waals surface area contributed by atoms with Crippen LogP contribution in [0.3, 0.4) is 0 Å². The van der Waals surface area contributed by atoms with Gasteiger partial charge in [-0.2, -0.15) is 0 Å². The van der Waals surface area contributed by atoms with Crippen molar-refractivity contribution in [2.24, 2.45) is 5.73 Å². The highest BCUT2D eigenvalue weighted by molar-refractivity contribution is 7.80. The minimum atomic E-state index is 0.335. The molecule has 0 saturated heterocycles. The van der Waals surface area contributed by atoms with E-state index in [0.717, 1.165) is 11.3 Å². The summed E-state index contributed by atoms with van der Waals surface area (Å²) in [4.78, 5) is 4.47. The molecule has 0 unspecified atom stereocenters. The molecule has 3 nitrogen and oxygen atoms in total. The fraction of sp³-hybridized carbons (Fsp3) is 0.143. The number of rotatable bonds is 3. The molecule has 0 aliphatic heterocycles. The Morgan fingerprint density at radius 3 is 2.61 bits per heavy atom. The Morgan fingerprint density at radius 2 is 1.94 bits per heavy atom.